The number of hydrogen-bond donors (Lipinski definition) is 2. The number of carbonyl (C=O) groups excluding carboxylic acids is 2. The number of fused-ring (bicyclic) bond motifs is 1. The van der Waals surface area contributed by atoms with Crippen molar-refractivity contribution in [1.29, 1.82) is 0 Å². The van der Waals surface area contributed by atoms with E-state index in [9.17, 15) is 9.59 Å². The van der Waals surface area contributed by atoms with Gasteiger partial charge < -0.3 is 19.9 Å². The second-order valence-electron chi connectivity index (χ2n) is 6.87. The zero-order valence-corrected chi connectivity index (χ0v) is 15.1. The molecular weight excluding hydrogens is 346 g/mol. The molecular formula is C19H23N5O3. The third kappa shape index (κ3) is 4.00. The van der Waals surface area contributed by atoms with E-state index in [-0.39, 0.29) is 11.8 Å². The summed E-state index contributed by atoms with van der Waals surface area (Å²) in [6.07, 6.45) is 3.97. The maximum absolute atomic E-state index is 12.4. The van der Waals surface area contributed by atoms with Gasteiger partial charge in [0.15, 0.2) is 0 Å². The highest BCUT2D eigenvalue weighted by molar-refractivity contribution is 5.98. The standard InChI is InChI=1S/C19H23N5O3/c25-18(20-9-8-17-23-22-16-7-2-10-24(16)17)13-4-1-5-14(12-13)21-19(26)15-6-3-11-27-15/h1,4-5,12,15H,2-3,6-11H2,(H,20,25)(H,21,26). The fraction of sp³-hybridized carbons (Fsp3) is 0.474. The van der Waals surface area contributed by atoms with Gasteiger partial charge in [-0.3, -0.25) is 9.59 Å². The number of aromatic nitrogens is 3. The zero-order chi connectivity index (χ0) is 18.6. The molecule has 8 nitrogen and oxygen atoms in total. The first-order valence-corrected chi connectivity index (χ1v) is 9.42. The van der Waals surface area contributed by atoms with Crippen molar-refractivity contribution < 1.29 is 14.3 Å². The van der Waals surface area contributed by atoms with Crippen LogP contribution in [0.4, 0.5) is 5.69 Å². The van der Waals surface area contributed by atoms with Gasteiger partial charge in [-0.05, 0) is 37.5 Å². The molecule has 0 bridgehead atoms. The summed E-state index contributed by atoms with van der Waals surface area (Å²) in [5.41, 5.74) is 1.10. The highest BCUT2D eigenvalue weighted by atomic mass is 16.5. The molecule has 8 heteroatoms. The summed E-state index contributed by atoms with van der Waals surface area (Å²) in [7, 11) is 0. The minimum atomic E-state index is -0.396. The Hall–Kier alpha value is -2.74. The second kappa shape index (κ2) is 7.87. The highest BCUT2D eigenvalue weighted by Crippen LogP contribution is 2.17. The quantitative estimate of drug-likeness (QED) is 0.800. The van der Waals surface area contributed by atoms with Gasteiger partial charge in [0.05, 0.1) is 0 Å². The molecule has 2 N–H and O–H groups in total. The second-order valence-corrected chi connectivity index (χ2v) is 6.87. The predicted molar refractivity (Wildman–Crippen MR) is 98.4 cm³/mol. The molecule has 2 amide bonds. The van der Waals surface area contributed by atoms with Crippen molar-refractivity contribution in [3.05, 3.63) is 41.5 Å². The highest BCUT2D eigenvalue weighted by Gasteiger charge is 2.23. The lowest BCUT2D eigenvalue weighted by Crippen LogP contribution is -2.28. The van der Waals surface area contributed by atoms with Gasteiger partial charge in [0, 0.05) is 43.8 Å². The van der Waals surface area contributed by atoms with Crippen LogP contribution in [0.15, 0.2) is 24.3 Å². The fourth-order valence-corrected chi connectivity index (χ4v) is 3.53. The Kier molecular flexibility index (Phi) is 5.15. The molecule has 1 aromatic carbocycles. The number of nitrogens with one attached hydrogen (secondary N) is 2. The van der Waals surface area contributed by atoms with Crippen LogP contribution in [0.2, 0.25) is 0 Å². The lowest BCUT2D eigenvalue weighted by Gasteiger charge is -2.11. The van der Waals surface area contributed by atoms with E-state index in [1.807, 2.05) is 0 Å². The zero-order valence-electron chi connectivity index (χ0n) is 15.1. The van der Waals surface area contributed by atoms with Crippen LogP contribution in [0.1, 0.15) is 41.3 Å². The first kappa shape index (κ1) is 17.7. The van der Waals surface area contributed by atoms with Crippen LogP contribution in [0, 0.1) is 0 Å². The van der Waals surface area contributed by atoms with E-state index < -0.39 is 6.10 Å². The monoisotopic (exact) mass is 369 g/mol. The van der Waals surface area contributed by atoms with Gasteiger partial charge in [-0.2, -0.15) is 0 Å². The van der Waals surface area contributed by atoms with Crippen LogP contribution in [0.5, 0.6) is 0 Å². The minimum Gasteiger partial charge on any atom is -0.368 e. The van der Waals surface area contributed by atoms with Crippen molar-refractivity contribution in [2.45, 2.75) is 44.8 Å². The van der Waals surface area contributed by atoms with Crippen LogP contribution in [-0.4, -0.2) is 45.8 Å². The van der Waals surface area contributed by atoms with Gasteiger partial charge >= 0.3 is 0 Å². The number of amides is 2. The molecule has 2 aliphatic heterocycles. The van der Waals surface area contributed by atoms with Crippen LogP contribution in [-0.2, 0) is 28.9 Å². The summed E-state index contributed by atoms with van der Waals surface area (Å²) < 4.78 is 7.51. The smallest absolute Gasteiger partial charge is 0.253 e. The predicted octanol–water partition coefficient (Wildman–Crippen LogP) is 1.31. The van der Waals surface area contributed by atoms with Gasteiger partial charge in [-0.15, -0.1) is 10.2 Å². The third-order valence-corrected chi connectivity index (χ3v) is 4.93. The summed E-state index contributed by atoms with van der Waals surface area (Å²) in [4.78, 5) is 24.6. The van der Waals surface area contributed by atoms with Crippen LogP contribution < -0.4 is 10.6 Å². The van der Waals surface area contributed by atoms with Gasteiger partial charge in [0.1, 0.15) is 17.8 Å². The van der Waals surface area contributed by atoms with Gasteiger partial charge in [-0.25, -0.2) is 0 Å². The van der Waals surface area contributed by atoms with Gasteiger partial charge in [0.2, 0.25) is 0 Å². The molecule has 0 saturated carbocycles. The SMILES string of the molecule is O=C(NCCc1nnc2n1CCC2)c1cccc(NC(=O)C2CCCO2)c1. The molecule has 2 aliphatic rings. The van der Waals surface area contributed by atoms with E-state index in [4.69, 9.17) is 4.74 Å². The topological polar surface area (TPSA) is 98.1 Å². The van der Waals surface area contributed by atoms with E-state index in [1.54, 1.807) is 24.3 Å². The number of carbonyl (C=O) groups is 2. The number of benzene rings is 1. The van der Waals surface area contributed by atoms with Crippen LogP contribution in [0.25, 0.3) is 0 Å². The molecule has 2 aromatic rings. The molecule has 0 aliphatic carbocycles. The van der Waals surface area contributed by atoms with Crippen molar-refractivity contribution >= 4 is 17.5 Å². The van der Waals surface area contributed by atoms with Crippen molar-refractivity contribution in [3.8, 4) is 0 Å². The lowest BCUT2D eigenvalue weighted by molar-refractivity contribution is -0.124. The number of hydrogen-bond acceptors (Lipinski definition) is 5. The number of nitrogens with zero attached hydrogens (tertiary/aromatic N) is 3. The fourth-order valence-electron chi connectivity index (χ4n) is 3.53. The average molecular weight is 369 g/mol. The maximum Gasteiger partial charge on any atom is 0.253 e. The molecule has 0 radical (unpaired) electrons. The molecule has 1 unspecified atom stereocenters. The molecule has 3 heterocycles. The van der Waals surface area contributed by atoms with Crippen molar-refractivity contribution in [2.75, 3.05) is 18.5 Å². The Morgan fingerprint density at radius 2 is 2.19 bits per heavy atom. The number of anilines is 1. The van der Waals surface area contributed by atoms with E-state index in [1.165, 1.54) is 0 Å². The van der Waals surface area contributed by atoms with Crippen LogP contribution in [0.3, 0.4) is 0 Å². The van der Waals surface area contributed by atoms with E-state index in [0.717, 1.165) is 43.9 Å². The van der Waals surface area contributed by atoms with Gasteiger partial charge in [0.25, 0.3) is 11.8 Å². The Balaban J connectivity index is 1.31. The Bertz CT molecular complexity index is 842. The number of rotatable bonds is 6. The molecule has 27 heavy (non-hydrogen) atoms. The Morgan fingerprint density at radius 1 is 1.26 bits per heavy atom. The first-order valence-electron chi connectivity index (χ1n) is 9.42. The van der Waals surface area contributed by atoms with Crippen molar-refractivity contribution in [3.63, 3.8) is 0 Å². The summed E-state index contributed by atoms with van der Waals surface area (Å²) >= 11 is 0. The molecule has 1 atom stereocenters. The Labute approximate surface area is 157 Å². The average Bonchev–Trinajstić information content (AvgIpc) is 3.41. The number of ether oxygens (including phenoxy) is 1. The summed E-state index contributed by atoms with van der Waals surface area (Å²) in [5, 5.41) is 14.1. The minimum absolute atomic E-state index is 0.161. The number of aryl methyl sites for hydroxylation is 1. The lowest BCUT2D eigenvalue weighted by atomic mass is 10.1. The summed E-state index contributed by atoms with van der Waals surface area (Å²) in [6.45, 7) is 2.07. The van der Waals surface area contributed by atoms with E-state index in [0.29, 0.717) is 30.8 Å². The van der Waals surface area contributed by atoms with E-state index >= 15 is 0 Å². The molecule has 4 rings (SSSR count). The largest absolute Gasteiger partial charge is 0.368 e. The molecule has 0 spiro atoms. The maximum atomic E-state index is 12.4. The molecule has 1 saturated heterocycles. The van der Waals surface area contributed by atoms with E-state index in [2.05, 4.69) is 25.4 Å². The summed E-state index contributed by atoms with van der Waals surface area (Å²) in [5.74, 6) is 1.61. The van der Waals surface area contributed by atoms with Crippen molar-refractivity contribution in [2.24, 2.45) is 0 Å². The molecule has 142 valence electrons. The molecule has 1 aromatic heterocycles. The Morgan fingerprint density at radius 3 is 3.04 bits per heavy atom. The first-order chi connectivity index (χ1) is 13.2. The molecule has 1 fully saturated rings. The van der Waals surface area contributed by atoms with Crippen LogP contribution >= 0.6 is 0 Å². The normalized spacial score (nSPS) is 18.3. The van der Waals surface area contributed by atoms with Gasteiger partial charge in [-0.1, -0.05) is 6.07 Å². The van der Waals surface area contributed by atoms with Crippen molar-refractivity contribution in [1.82, 2.24) is 20.1 Å². The summed E-state index contributed by atoms with van der Waals surface area (Å²) in [6, 6.07) is 6.93. The third-order valence-electron chi connectivity index (χ3n) is 4.93.